The molecule has 1 fully saturated rings. The predicted molar refractivity (Wildman–Crippen MR) is 104 cm³/mol. The Hall–Kier alpha value is -2.41. The molecule has 0 aliphatic carbocycles. The van der Waals surface area contributed by atoms with Gasteiger partial charge in [-0.1, -0.05) is 24.3 Å². The van der Waals surface area contributed by atoms with Crippen molar-refractivity contribution < 1.29 is 19.0 Å². The molecule has 0 spiro atoms. The third-order valence-electron chi connectivity index (χ3n) is 4.34. The molecule has 1 atom stereocenters. The number of anilines is 1. The molecule has 1 amide bonds. The van der Waals surface area contributed by atoms with Crippen LogP contribution in [-0.4, -0.2) is 38.8 Å². The number of benzene rings is 2. The quantitative estimate of drug-likeness (QED) is 0.748. The first-order chi connectivity index (χ1) is 13.2. The molecule has 0 saturated carbocycles. The van der Waals surface area contributed by atoms with Crippen molar-refractivity contribution in [3.8, 4) is 5.75 Å². The van der Waals surface area contributed by atoms with E-state index in [1.807, 2.05) is 48.5 Å². The van der Waals surface area contributed by atoms with Gasteiger partial charge < -0.3 is 24.8 Å². The molecule has 2 aromatic rings. The van der Waals surface area contributed by atoms with Crippen molar-refractivity contribution in [3.63, 3.8) is 0 Å². The zero-order chi connectivity index (χ0) is 18.9. The van der Waals surface area contributed by atoms with Crippen LogP contribution in [0.2, 0.25) is 0 Å². The maximum absolute atomic E-state index is 12.2. The summed E-state index contributed by atoms with van der Waals surface area (Å²) in [5, 5.41) is 6.23. The molecule has 0 bridgehead atoms. The number of carbonyl (C=O) groups excluding carboxylic acids is 1. The molecule has 3 rings (SSSR count). The summed E-state index contributed by atoms with van der Waals surface area (Å²) in [5.74, 6) is 0.812. The molecule has 1 saturated heterocycles. The monoisotopic (exact) mass is 370 g/mol. The van der Waals surface area contributed by atoms with Crippen molar-refractivity contribution in [2.24, 2.45) is 0 Å². The first kappa shape index (κ1) is 19.4. The van der Waals surface area contributed by atoms with Crippen molar-refractivity contribution in [3.05, 3.63) is 59.7 Å². The van der Waals surface area contributed by atoms with Crippen LogP contribution in [0.5, 0.6) is 5.75 Å². The lowest BCUT2D eigenvalue weighted by Gasteiger charge is -2.23. The number of carbonyl (C=O) groups is 1. The molecule has 2 N–H and O–H groups in total. The average Bonchev–Trinajstić information content (AvgIpc) is 2.69. The van der Waals surface area contributed by atoms with E-state index in [9.17, 15) is 4.79 Å². The Morgan fingerprint density at radius 3 is 2.74 bits per heavy atom. The largest absolute Gasteiger partial charge is 0.497 e. The Morgan fingerprint density at radius 2 is 2.00 bits per heavy atom. The fraction of sp³-hybridized carbons (Fsp3) is 0.381. The summed E-state index contributed by atoms with van der Waals surface area (Å²) >= 11 is 0. The summed E-state index contributed by atoms with van der Waals surface area (Å²) in [7, 11) is 1.65. The number of ether oxygens (including phenoxy) is 3. The van der Waals surface area contributed by atoms with E-state index in [1.165, 1.54) is 0 Å². The zero-order valence-electron chi connectivity index (χ0n) is 15.6. The van der Waals surface area contributed by atoms with E-state index in [2.05, 4.69) is 10.6 Å². The van der Waals surface area contributed by atoms with Crippen molar-refractivity contribution in [1.29, 1.82) is 0 Å². The number of amides is 1. The Bertz CT molecular complexity index is 727. The standard InChI is InChI=1S/C21H26N2O4/c1-25-20-7-5-16(6-8-20)13-27-14-17-3-2-4-18(11-17)23-21(24)12-19-15-26-10-9-22-19/h2-8,11,19,22H,9-10,12-15H2,1H3,(H,23,24). The van der Waals surface area contributed by atoms with Gasteiger partial charge >= 0.3 is 0 Å². The highest BCUT2D eigenvalue weighted by atomic mass is 16.5. The van der Waals surface area contributed by atoms with Gasteiger partial charge in [-0.25, -0.2) is 0 Å². The van der Waals surface area contributed by atoms with E-state index in [1.54, 1.807) is 7.11 Å². The molecule has 144 valence electrons. The summed E-state index contributed by atoms with van der Waals surface area (Å²) < 4.78 is 16.3. The first-order valence-corrected chi connectivity index (χ1v) is 9.13. The van der Waals surface area contributed by atoms with Gasteiger partial charge in [0.25, 0.3) is 0 Å². The predicted octanol–water partition coefficient (Wildman–Crippen LogP) is 2.73. The van der Waals surface area contributed by atoms with Gasteiger partial charge in [0.05, 0.1) is 33.5 Å². The van der Waals surface area contributed by atoms with E-state index in [0.29, 0.717) is 32.8 Å². The SMILES string of the molecule is COc1ccc(COCc2cccc(NC(=O)CC3COCCN3)c2)cc1. The highest BCUT2D eigenvalue weighted by Gasteiger charge is 2.16. The topological polar surface area (TPSA) is 68.8 Å². The maximum atomic E-state index is 12.2. The molecule has 6 nitrogen and oxygen atoms in total. The lowest BCUT2D eigenvalue weighted by atomic mass is 10.1. The molecule has 1 aliphatic heterocycles. The van der Waals surface area contributed by atoms with Crippen LogP contribution in [0.3, 0.4) is 0 Å². The van der Waals surface area contributed by atoms with Gasteiger partial charge in [-0.2, -0.15) is 0 Å². The Morgan fingerprint density at radius 1 is 1.19 bits per heavy atom. The van der Waals surface area contributed by atoms with Gasteiger partial charge in [0.2, 0.25) is 5.91 Å². The summed E-state index contributed by atoms with van der Waals surface area (Å²) in [6, 6.07) is 15.6. The number of nitrogens with one attached hydrogen (secondary N) is 2. The lowest BCUT2D eigenvalue weighted by molar-refractivity contribution is -0.117. The maximum Gasteiger partial charge on any atom is 0.226 e. The summed E-state index contributed by atoms with van der Waals surface area (Å²) in [6.07, 6.45) is 0.401. The Kier molecular flexibility index (Phi) is 7.21. The summed E-state index contributed by atoms with van der Waals surface area (Å²) in [6.45, 7) is 3.07. The van der Waals surface area contributed by atoms with Crippen LogP contribution in [0.1, 0.15) is 17.5 Å². The molecule has 6 heteroatoms. The summed E-state index contributed by atoms with van der Waals surface area (Å²) in [4.78, 5) is 12.2. The second kappa shape index (κ2) is 10.1. The normalized spacial score (nSPS) is 16.7. The fourth-order valence-electron chi connectivity index (χ4n) is 2.93. The second-order valence-electron chi connectivity index (χ2n) is 6.52. The van der Waals surface area contributed by atoms with Crippen molar-refractivity contribution in [2.45, 2.75) is 25.7 Å². The van der Waals surface area contributed by atoms with Gasteiger partial charge in [-0.3, -0.25) is 4.79 Å². The highest BCUT2D eigenvalue weighted by Crippen LogP contribution is 2.15. The Balaban J connectivity index is 1.45. The lowest BCUT2D eigenvalue weighted by Crippen LogP contribution is -2.43. The number of morpholine rings is 1. The second-order valence-corrected chi connectivity index (χ2v) is 6.52. The molecular formula is C21H26N2O4. The van der Waals surface area contributed by atoms with Crippen LogP contribution < -0.4 is 15.4 Å². The van der Waals surface area contributed by atoms with Crippen molar-refractivity contribution in [1.82, 2.24) is 5.32 Å². The third-order valence-corrected chi connectivity index (χ3v) is 4.34. The van der Waals surface area contributed by atoms with Crippen LogP contribution in [0.25, 0.3) is 0 Å². The van der Waals surface area contributed by atoms with Crippen LogP contribution in [0, 0.1) is 0 Å². The van der Waals surface area contributed by atoms with E-state index in [0.717, 1.165) is 29.1 Å². The smallest absolute Gasteiger partial charge is 0.226 e. The molecule has 1 aliphatic rings. The van der Waals surface area contributed by atoms with Gasteiger partial charge in [-0.05, 0) is 35.4 Å². The number of hydrogen-bond donors (Lipinski definition) is 2. The minimum absolute atomic E-state index is 0.0192. The average molecular weight is 370 g/mol. The van der Waals surface area contributed by atoms with Gasteiger partial charge in [-0.15, -0.1) is 0 Å². The minimum atomic E-state index is -0.0192. The molecular weight excluding hydrogens is 344 g/mol. The van der Waals surface area contributed by atoms with E-state index >= 15 is 0 Å². The Labute approximate surface area is 159 Å². The zero-order valence-corrected chi connectivity index (χ0v) is 15.6. The van der Waals surface area contributed by atoms with Gasteiger partial charge in [0.1, 0.15) is 5.75 Å². The van der Waals surface area contributed by atoms with Gasteiger partial charge in [0, 0.05) is 24.7 Å². The van der Waals surface area contributed by atoms with E-state index < -0.39 is 0 Å². The van der Waals surface area contributed by atoms with E-state index in [4.69, 9.17) is 14.2 Å². The number of hydrogen-bond acceptors (Lipinski definition) is 5. The van der Waals surface area contributed by atoms with Crippen LogP contribution in [0.15, 0.2) is 48.5 Å². The van der Waals surface area contributed by atoms with Gasteiger partial charge in [0.15, 0.2) is 0 Å². The molecule has 0 aromatic heterocycles. The molecule has 0 radical (unpaired) electrons. The van der Waals surface area contributed by atoms with E-state index in [-0.39, 0.29) is 11.9 Å². The minimum Gasteiger partial charge on any atom is -0.497 e. The molecule has 1 heterocycles. The summed E-state index contributed by atoms with van der Waals surface area (Å²) in [5.41, 5.74) is 2.88. The van der Waals surface area contributed by atoms with Crippen LogP contribution in [0.4, 0.5) is 5.69 Å². The third kappa shape index (κ3) is 6.36. The highest BCUT2D eigenvalue weighted by molar-refractivity contribution is 5.91. The van der Waals surface area contributed by atoms with Crippen molar-refractivity contribution >= 4 is 11.6 Å². The number of methoxy groups -OCH3 is 1. The molecule has 1 unspecified atom stereocenters. The van der Waals surface area contributed by atoms with Crippen molar-refractivity contribution in [2.75, 3.05) is 32.2 Å². The first-order valence-electron chi connectivity index (χ1n) is 9.13. The van der Waals surface area contributed by atoms with Crippen LogP contribution in [-0.2, 0) is 27.5 Å². The molecule has 27 heavy (non-hydrogen) atoms. The van der Waals surface area contributed by atoms with Crippen LogP contribution >= 0.6 is 0 Å². The molecule has 2 aromatic carbocycles. The fourth-order valence-corrected chi connectivity index (χ4v) is 2.93. The number of rotatable bonds is 8.